The number of benzene rings is 2. The predicted molar refractivity (Wildman–Crippen MR) is 162 cm³/mol. The van der Waals surface area contributed by atoms with E-state index in [1.165, 1.54) is 19.2 Å². The van der Waals surface area contributed by atoms with Crippen LogP contribution in [0.1, 0.15) is 37.1 Å². The van der Waals surface area contributed by atoms with Gasteiger partial charge in [-0.25, -0.2) is 18.7 Å². The SMILES string of the molecule is COCCOc1cc(F)c(Cn2nc(-c3nc4c(c(Nc5ccncc5Cl)n3)CCC(C)(C)C4)c3ccccc32)c(F)c1. The van der Waals surface area contributed by atoms with Gasteiger partial charge in [-0.1, -0.05) is 43.6 Å². The Labute approximate surface area is 253 Å². The molecule has 0 aliphatic heterocycles. The molecular weight excluding hydrogens is 574 g/mol. The second-order valence-corrected chi connectivity index (χ2v) is 11.8. The molecule has 0 fully saturated rings. The van der Waals surface area contributed by atoms with Crippen LogP contribution < -0.4 is 10.1 Å². The molecule has 8 nitrogen and oxygen atoms in total. The summed E-state index contributed by atoms with van der Waals surface area (Å²) >= 11 is 6.43. The Morgan fingerprint density at radius 2 is 1.86 bits per heavy atom. The first-order chi connectivity index (χ1) is 20.7. The zero-order chi connectivity index (χ0) is 30.1. The highest BCUT2D eigenvalue weighted by Gasteiger charge is 2.30. The van der Waals surface area contributed by atoms with Gasteiger partial charge in [-0.05, 0) is 36.8 Å². The summed E-state index contributed by atoms with van der Waals surface area (Å²) in [5, 5.41) is 9.46. The maximum Gasteiger partial charge on any atom is 0.182 e. The molecular formula is C32H31ClF2N6O2. The molecule has 1 aliphatic rings. The first kappa shape index (κ1) is 28.9. The van der Waals surface area contributed by atoms with Crippen molar-refractivity contribution in [1.29, 1.82) is 0 Å². The van der Waals surface area contributed by atoms with Crippen LogP contribution >= 0.6 is 11.6 Å². The van der Waals surface area contributed by atoms with E-state index in [1.807, 2.05) is 24.3 Å². The number of anilines is 2. The lowest BCUT2D eigenvalue weighted by molar-refractivity contribution is 0.146. The number of hydrogen-bond acceptors (Lipinski definition) is 7. The zero-order valence-electron chi connectivity index (χ0n) is 24.1. The van der Waals surface area contributed by atoms with Gasteiger partial charge in [0.15, 0.2) is 5.82 Å². The Bertz CT molecular complexity index is 1790. The summed E-state index contributed by atoms with van der Waals surface area (Å²) in [5.74, 6) is -0.269. The highest BCUT2D eigenvalue weighted by atomic mass is 35.5. The average Bonchev–Trinajstić information content (AvgIpc) is 3.34. The molecule has 3 aromatic heterocycles. The predicted octanol–water partition coefficient (Wildman–Crippen LogP) is 7.15. The number of hydrogen-bond donors (Lipinski definition) is 1. The van der Waals surface area contributed by atoms with Crippen LogP contribution in [0, 0.1) is 17.0 Å². The van der Waals surface area contributed by atoms with E-state index in [-0.39, 0.29) is 29.9 Å². The highest BCUT2D eigenvalue weighted by molar-refractivity contribution is 6.33. The van der Waals surface area contributed by atoms with Gasteiger partial charge in [0, 0.05) is 48.1 Å². The van der Waals surface area contributed by atoms with Gasteiger partial charge in [-0.15, -0.1) is 0 Å². The summed E-state index contributed by atoms with van der Waals surface area (Å²) < 4.78 is 42.2. The van der Waals surface area contributed by atoms with Gasteiger partial charge in [-0.3, -0.25) is 9.67 Å². The van der Waals surface area contributed by atoms with E-state index in [0.717, 1.165) is 35.9 Å². The summed E-state index contributed by atoms with van der Waals surface area (Å²) in [6.07, 6.45) is 5.81. The van der Waals surface area contributed by atoms with E-state index in [2.05, 4.69) is 24.1 Å². The highest BCUT2D eigenvalue weighted by Crippen LogP contribution is 2.39. The summed E-state index contributed by atoms with van der Waals surface area (Å²) in [7, 11) is 1.53. The number of nitrogens with zero attached hydrogens (tertiary/aromatic N) is 5. The molecule has 1 aliphatic carbocycles. The maximum absolute atomic E-state index is 15.1. The van der Waals surface area contributed by atoms with Gasteiger partial charge >= 0.3 is 0 Å². The Kier molecular flexibility index (Phi) is 7.98. The van der Waals surface area contributed by atoms with Gasteiger partial charge in [0.2, 0.25) is 0 Å². The first-order valence-electron chi connectivity index (χ1n) is 14.0. The maximum atomic E-state index is 15.1. The summed E-state index contributed by atoms with van der Waals surface area (Å²) in [4.78, 5) is 14.0. The third-order valence-electron chi connectivity index (χ3n) is 7.66. The number of para-hydroxylation sites is 1. The number of methoxy groups -OCH3 is 1. The minimum Gasteiger partial charge on any atom is -0.491 e. The molecule has 0 radical (unpaired) electrons. The van der Waals surface area contributed by atoms with Crippen molar-refractivity contribution in [3.8, 4) is 17.3 Å². The number of halogens is 3. The minimum absolute atomic E-state index is 0.0696. The van der Waals surface area contributed by atoms with E-state index < -0.39 is 11.6 Å². The lowest BCUT2D eigenvalue weighted by Crippen LogP contribution is -2.25. The van der Waals surface area contributed by atoms with Crippen molar-refractivity contribution in [2.24, 2.45) is 5.41 Å². The molecule has 11 heteroatoms. The smallest absolute Gasteiger partial charge is 0.182 e. The van der Waals surface area contributed by atoms with Crippen LogP contribution in [0.3, 0.4) is 0 Å². The van der Waals surface area contributed by atoms with Gasteiger partial charge in [0.1, 0.15) is 35.5 Å². The summed E-state index contributed by atoms with van der Waals surface area (Å²) in [6, 6.07) is 11.7. The third kappa shape index (κ3) is 6.03. The lowest BCUT2D eigenvalue weighted by Gasteiger charge is -2.31. The van der Waals surface area contributed by atoms with E-state index in [1.54, 1.807) is 23.1 Å². The normalized spacial score (nSPS) is 14.1. The van der Waals surface area contributed by atoms with E-state index in [4.69, 9.17) is 36.1 Å². The topological polar surface area (TPSA) is 87.0 Å². The van der Waals surface area contributed by atoms with Crippen molar-refractivity contribution in [1.82, 2.24) is 24.7 Å². The quantitative estimate of drug-likeness (QED) is 0.179. The fourth-order valence-electron chi connectivity index (χ4n) is 5.38. The fraction of sp³-hybridized carbons (Fsp3) is 0.312. The second-order valence-electron chi connectivity index (χ2n) is 11.4. The Morgan fingerprint density at radius 1 is 1.07 bits per heavy atom. The monoisotopic (exact) mass is 604 g/mol. The number of pyridine rings is 1. The molecule has 43 heavy (non-hydrogen) atoms. The van der Waals surface area contributed by atoms with Crippen LogP contribution in [-0.2, 0) is 24.1 Å². The number of nitrogens with one attached hydrogen (secondary N) is 1. The molecule has 1 N–H and O–H groups in total. The Hall–Kier alpha value is -4.15. The minimum atomic E-state index is -0.721. The molecule has 0 atom stereocenters. The summed E-state index contributed by atoms with van der Waals surface area (Å²) in [5.41, 5.74) is 3.83. The van der Waals surface area contributed by atoms with Crippen molar-refractivity contribution < 1.29 is 18.3 Å². The van der Waals surface area contributed by atoms with Crippen LogP contribution in [0.25, 0.3) is 22.4 Å². The zero-order valence-corrected chi connectivity index (χ0v) is 24.9. The molecule has 0 saturated carbocycles. The van der Waals surface area contributed by atoms with Crippen LogP contribution in [-0.4, -0.2) is 45.1 Å². The fourth-order valence-corrected chi connectivity index (χ4v) is 5.54. The van der Waals surface area contributed by atoms with Crippen LogP contribution in [0.15, 0.2) is 54.9 Å². The number of rotatable bonds is 9. The van der Waals surface area contributed by atoms with E-state index >= 15 is 8.78 Å². The van der Waals surface area contributed by atoms with Crippen LogP contribution in [0.4, 0.5) is 20.3 Å². The van der Waals surface area contributed by atoms with E-state index in [0.29, 0.717) is 40.2 Å². The molecule has 6 rings (SSSR count). The molecule has 3 heterocycles. The molecule has 0 unspecified atom stereocenters. The van der Waals surface area contributed by atoms with Gasteiger partial charge in [0.25, 0.3) is 0 Å². The molecule has 0 spiro atoms. The van der Waals surface area contributed by atoms with Gasteiger partial charge in [0.05, 0.1) is 35.1 Å². The van der Waals surface area contributed by atoms with Crippen molar-refractivity contribution in [3.63, 3.8) is 0 Å². The third-order valence-corrected chi connectivity index (χ3v) is 7.97. The summed E-state index contributed by atoms with van der Waals surface area (Å²) in [6.45, 7) is 4.82. The Morgan fingerprint density at radius 3 is 2.63 bits per heavy atom. The van der Waals surface area contributed by atoms with Crippen molar-refractivity contribution in [2.75, 3.05) is 25.6 Å². The van der Waals surface area contributed by atoms with Crippen molar-refractivity contribution >= 4 is 34.0 Å². The Balaban J connectivity index is 1.42. The van der Waals surface area contributed by atoms with Gasteiger partial charge < -0.3 is 14.8 Å². The van der Waals surface area contributed by atoms with Crippen molar-refractivity contribution in [2.45, 2.75) is 39.7 Å². The molecule has 0 saturated heterocycles. The largest absolute Gasteiger partial charge is 0.491 e. The van der Waals surface area contributed by atoms with Gasteiger partial charge in [-0.2, -0.15) is 5.10 Å². The molecule has 2 aromatic carbocycles. The molecule has 0 bridgehead atoms. The van der Waals surface area contributed by atoms with Crippen LogP contribution in [0.5, 0.6) is 5.75 Å². The van der Waals surface area contributed by atoms with Crippen LogP contribution in [0.2, 0.25) is 5.02 Å². The molecule has 222 valence electrons. The lowest BCUT2D eigenvalue weighted by atomic mass is 9.76. The first-order valence-corrected chi connectivity index (χ1v) is 14.4. The molecule has 5 aromatic rings. The standard InChI is InChI=1S/C32H31ClF2N6O2/c1-32(2)10-8-20-27(16-32)38-31(39-30(20)37-26-9-11-36-17-23(26)33)29-21-6-4-5-7-28(21)41(40-29)18-22-24(34)14-19(15-25(22)35)43-13-12-42-3/h4-7,9,11,14-15,17H,8,10,12-13,16,18H2,1-3H3,(H,36,37,38,39). The number of ether oxygens (including phenoxy) is 2. The van der Waals surface area contributed by atoms with E-state index in [9.17, 15) is 0 Å². The number of fused-ring (bicyclic) bond motifs is 2. The average molecular weight is 605 g/mol. The molecule has 0 amide bonds. The second kappa shape index (κ2) is 11.9. The number of aromatic nitrogens is 5. The van der Waals surface area contributed by atoms with Crippen molar-refractivity contribution in [3.05, 3.63) is 88.3 Å².